The van der Waals surface area contributed by atoms with E-state index in [-0.39, 0.29) is 36.7 Å². The third-order valence-corrected chi connectivity index (χ3v) is 6.70. The van der Waals surface area contributed by atoms with Crippen LogP contribution in [0.25, 0.3) is 11.1 Å². The van der Waals surface area contributed by atoms with Gasteiger partial charge in [0.05, 0.1) is 25.5 Å². The summed E-state index contributed by atoms with van der Waals surface area (Å²) in [6.45, 7) is 2.54. The molecule has 0 unspecified atom stereocenters. The molecule has 202 valence electrons. The van der Waals surface area contributed by atoms with E-state index in [1.165, 1.54) is 7.11 Å². The van der Waals surface area contributed by atoms with Gasteiger partial charge in [-0.1, -0.05) is 42.5 Å². The second kappa shape index (κ2) is 12.3. The molecule has 3 aromatic carbocycles. The van der Waals surface area contributed by atoms with Gasteiger partial charge in [0.25, 0.3) is 5.91 Å². The summed E-state index contributed by atoms with van der Waals surface area (Å²) in [5.41, 5.74) is 9.19. The van der Waals surface area contributed by atoms with E-state index in [9.17, 15) is 14.4 Å². The van der Waals surface area contributed by atoms with E-state index >= 15 is 0 Å². The summed E-state index contributed by atoms with van der Waals surface area (Å²) in [7, 11) is 1.30. The molecule has 3 aromatic rings. The summed E-state index contributed by atoms with van der Waals surface area (Å²) >= 11 is 0. The summed E-state index contributed by atoms with van der Waals surface area (Å²) in [4.78, 5) is 39.4. The maximum absolute atomic E-state index is 13.4. The Kier molecular flexibility index (Phi) is 8.60. The number of nitrogens with two attached hydrogens (primary N) is 1. The second-order valence-electron chi connectivity index (χ2n) is 9.31. The number of rotatable bonds is 10. The van der Waals surface area contributed by atoms with Gasteiger partial charge in [0, 0.05) is 23.4 Å². The van der Waals surface area contributed by atoms with Gasteiger partial charge in [0.2, 0.25) is 5.91 Å². The number of amides is 2. The van der Waals surface area contributed by atoms with E-state index in [4.69, 9.17) is 20.6 Å². The Labute approximate surface area is 227 Å². The highest BCUT2D eigenvalue weighted by molar-refractivity contribution is 6.01. The van der Waals surface area contributed by atoms with E-state index in [1.54, 1.807) is 41.3 Å². The van der Waals surface area contributed by atoms with Crippen molar-refractivity contribution >= 4 is 29.3 Å². The zero-order chi connectivity index (χ0) is 27.9. The molecule has 1 saturated heterocycles. The highest BCUT2D eigenvalue weighted by Gasteiger charge is 2.42. The van der Waals surface area contributed by atoms with Crippen LogP contribution in [0, 0.1) is 11.3 Å². The first-order valence-corrected chi connectivity index (χ1v) is 12.8. The van der Waals surface area contributed by atoms with Crippen molar-refractivity contribution < 1.29 is 23.9 Å². The quantitative estimate of drug-likeness (QED) is 0.208. The minimum atomic E-state index is -0.542. The van der Waals surface area contributed by atoms with Crippen molar-refractivity contribution in [2.45, 2.75) is 25.8 Å². The number of nitrogen functional groups attached to an aromatic ring is 1. The first kappa shape index (κ1) is 27.4. The Balaban J connectivity index is 1.51. The summed E-state index contributed by atoms with van der Waals surface area (Å²) < 4.78 is 10.9. The van der Waals surface area contributed by atoms with E-state index in [2.05, 4.69) is 5.32 Å². The SMILES string of the molecule is CCNC(=O)c1cccc(N2C(=O)[C@H](CC(=O)OC)C[C@H]2COc2ccc(-c3ccc(C(=N)N)cc3)cc2)c1. The number of nitrogens with zero attached hydrogens (tertiary/aromatic N) is 1. The number of nitrogens with one attached hydrogen (secondary N) is 2. The van der Waals surface area contributed by atoms with Gasteiger partial charge in [-0.3, -0.25) is 19.8 Å². The van der Waals surface area contributed by atoms with Crippen LogP contribution < -0.4 is 20.7 Å². The number of methoxy groups -OCH3 is 1. The average molecular weight is 529 g/mol. The molecule has 9 heteroatoms. The first-order chi connectivity index (χ1) is 18.8. The number of benzene rings is 3. The van der Waals surface area contributed by atoms with Gasteiger partial charge >= 0.3 is 5.97 Å². The molecule has 0 spiro atoms. The van der Waals surface area contributed by atoms with Crippen molar-refractivity contribution in [3.63, 3.8) is 0 Å². The molecule has 4 N–H and O–H groups in total. The molecule has 0 saturated carbocycles. The van der Waals surface area contributed by atoms with Crippen LogP contribution in [0.4, 0.5) is 5.69 Å². The molecule has 39 heavy (non-hydrogen) atoms. The number of carbonyl (C=O) groups is 3. The summed E-state index contributed by atoms with van der Waals surface area (Å²) in [6.07, 6.45) is 0.398. The lowest BCUT2D eigenvalue weighted by molar-refractivity contribution is -0.143. The number of hydrogen-bond acceptors (Lipinski definition) is 6. The fourth-order valence-corrected chi connectivity index (χ4v) is 4.68. The maximum Gasteiger partial charge on any atom is 0.306 e. The summed E-state index contributed by atoms with van der Waals surface area (Å²) in [5, 5.41) is 10.3. The van der Waals surface area contributed by atoms with Crippen molar-refractivity contribution in [1.29, 1.82) is 5.41 Å². The minimum absolute atomic E-state index is 0.0184. The number of carbonyl (C=O) groups excluding carboxylic acids is 3. The predicted octanol–water partition coefficient (Wildman–Crippen LogP) is 3.75. The van der Waals surface area contributed by atoms with Crippen LogP contribution in [0.1, 0.15) is 35.7 Å². The van der Waals surface area contributed by atoms with Crippen molar-refractivity contribution in [3.05, 3.63) is 83.9 Å². The Morgan fingerprint density at radius 1 is 1.03 bits per heavy atom. The number of ether oxygens (including phenoxy) is 2. The van der Waals surface area contributed by atoms with Crippen LogP contribution >= 0.6 is 0 Å². The van der Waals surface area contributed by atoms with Crippen LogP contribution in [0.3, 0.4) is 0 Å². The molecule has 4 rings (SSSR count). The van der Waals surface area contributed by atoms with Gasteiger partial charge in [-0.2, -0.15) is 0 Å². The molecule has 0 radical (unpaired) electrons. The van der Waals surface area contributed by atoms with Crippen molar-refractivity contribution in [2.75, 3.05) is 25.2 Å². The van der Waals surface area contributed by atoms with Crippen LogP contribution in [0.2, 0.25) is 0 Å². The number of anilines is 1. The van der Waals surface area contributed by atoms with Gasteiger partial charge < -0.3 is 25.4 Å². The Bertz CT molecular complexity index is 1350. The highest BCUT2D eigenvalue weighted by atomic mass is 16.5. The van der Waals surface area contributed by atoms with Crippen molar-refractivity contribution in [3.8, 4) is 16.9 Å². The van der Waals surface area contributed by atoms with E-state index in [0.717, 1.165) is 11.1 Å². The molecular formula is C30H32N4O5. The molecule has 2 atom stereocenters. The number of esters is 1. The van der Waals surface area contributed by atoms with Crippen LogP contribution in [-0.2, 0) is 14.3 Å². The van der Waals surface area contributed by atoms with Gasteiger partial charge in [-0.05, 0) is 54.8 Å². The lowest BCUT2D eigenvalue weighted by atomic mass is 10.0. The largest absolute Gasteiger partial charge is 0.491 e. The summed E-state index contributed by atoms with van der Waals surface area (Å²) in [5.74, 6) is -0.752. The number of hydrogen-bond donors (Lipinski definition) is 3. The lowest BCUT2D eigenvalue weighted by Crippen LogP contribution is -2.38. The molecule has 0 bridgehead atoms. The van der Waals surface area contributed by atoms with Crippen LogP contribution in [-0.4, -0.2) is 49.9 Å². The third-order valence-electron chi connectivity index (χ3n) is 6.70. The number of amidine groups is 1. The maximum atomic E-state index is 13.4. The van der Waals surface area contributed by atoms with Crippen molar-refractivity contribution in [1.82, 2.24) is 5.32 Å². The molecular weight excluding hydrogens is 496 g/mol. The topological polar surface area (TPSA) is 135 Å². The third kappa shape index (κ3) is 6.43. The molecule has 1 aliphatic rings. The monoisotopic (exact) mass is 528 g/mol. The first-order valence-electron chi connectivity index (χ1n) is 12.8. The molecule has 2 amide bonds. The Morgan fingerprint density at radius 3 is 2.31 bits per heavy atom. The minimum Gasteiger partial charge on any atom is -0.491 e. The van der Waals surface area contributed by atoms with Gasteiger partial charge in [0.15, 0.2) is 0 Å². The lowest BCUT2D eigenvalue weighted by Gasteiger charge is -2.25. The van der Waals surface area contributed by atoms with Gasteiger partial charge in [-0.15, -0.1) is 0 Å². The average Bonchev–Trinajstić information content (AvgIpc) is 3.26. The van der Waals surface area contributed by atoms with E-state index in [0.29, 0.717) is 35.5 Å². The fraction of sp³-hybridized carbons (Fsp3) is 0.267. The smallest absolute Gasteiger partial charge is 0.306 e. The van der Waals surface area contributed by atoms with E-state index < -0.39 is 11.9 Å². The van der Waals surface area contributed by atoms with Gasteiger partial charge in [0.1, 0.15) is 18.2 Å². The molecule has 1 aliphatic heterocycles. The molecule has 0 aliphatic carbocycles. The molecule has 0 aromatic heterocycles. The summed E-state index contributed by atoms with van der Waals surface area (Å²) in [6, 6.07) is 21.6. The zero-order valence-corrected chi connectivity index (χ0v) is 22.0. The Morgan fingerprint density at radius 2 is 1.69 bits per heavy atom. The molecule has 1 fully saturated rings. The molecule has 9 nitrogen and oxygen atoms in total. The van der Waals surface area contributed by atoms with Crippen LogP contribution in [0.15, 0.2) is 72.8 Å². The highest BCUT2D eigenvalue weighted by Crippen LogP contribution is 2.34. The van der Waals surface area contributed by atoms with Crippen molar-refractivity contribution in [2.24, 2.45) is 11.7 Å². The normalized spacial score (nSPS) is 16.6. The predicted molar refractivity (Wildman–Crippen MR) is 149 cm³/mol. The standard InChI is InChI=1S/C30H32N4O5/c1-3-33-29(36)22-5-4-6-24(15-22)34-25(16-23(30(34)37)17-27(35)38-2)18-39-26-13-11-20(12-14-26)19-7-9-21(10-8-19)28(31)32/h4-15,23,25H,3,16-18H2,1-2H3,(H3,31,32)(H,33,36)/t23-,25-/m0/s1. The molecule has 1 heterocycles. The fourth-order valence-electron chi connectivity index (χ4n) is 4.68. The van der Waals surface area contributed by atoms with Gasteiger partial charge in [-0.25, -0.2) is 0 Å². The second-order valence-corrected chi connectivity index (χ2v) is 9.31. The Hall–Kier alpha value is -4.66. The van der Waals surface area contributed by atoms with Crippen LogP contribution in [0.5, 0.6) is 5.75 Å². The zero-order valence-electron chi connectivity index (χ0n) is 22.0. The van der Waals surface area contributed by atoms with E-state index in [1.807, 2.05) is 43.3 Å².